The van der Waals surface area contributed by atoms with E-state index in [1.54, 1.807) is 12.1 Å². The summed E-state index contributed by atoms with van der Waals surface area (Å²) in [6, 6.07) is 7.67. The number of hydrogen-bond acceptors (Lipinski definition) is 6. The summed E-state index contributed by atoms with van der Waals surface area (Å²) >= 11 is 5.87. The molecule has 3 rings (SSSR count). The third-order valence-electron chi connectivity index (χ3n) is 3.87. The van der Waals surface area contributed by atoms with Crippen LogP contribution in [-0.2, 0) is 0 Å². The van der Waals surface area contributed by atoms with Gasteiger partial charge in [0.1, 0.15) is 0 Å². The van der Waals surface area contributed by atoms with Crippen molar-refractivity contribution in [3.05, 3.63) is 29.3 Å². The zero-order valence-electron chi connectivity index (χ0n) is 12.5. The van der Waals surface area contributed by atoms with E-state index in [4.69, 9.17) is 11.6 Å². The predicted octanol–water partition coefficient (Wildman–Crippen LogP) is 2.48. The topological polar surface area (TPSA) is 66.8 Å². The molecule has 0 amide bonds. The monoisotopic (exact) mass is 318 g/mol. The summed E-state index contributed by atoms with van der Waals surface area (Å²) in [6.45, 7) is 5.44. The number of benzene rings is 1. The van der Waals surface area contributed by atoms with E-state index in [1.165, 1.54) is 13.0 Å². The molecule has 1 fully saturated rings. The van der Waals surface area contributed by atoms with Gasteiger partial charge in [0.05, 0.1) is 0 Å². The molecule has 0 bridgehead atoms. The molecule has 2 heterocycles. The zero-order chi connectivity index (χ0) is 15.4. The van der Waals surface area contributed by atoms with Crippen LogP contribution < -0.4 is 5.32 Å². The fraction of sp³-hybridized carbons (Fsp3) is 0.467. The Hall–Kier alpha value is -1.79. The van der Waals surface area contributed by atoms with Crippen molar-refractivity contribution in [1.82, 2.24) is 25.3 Å². The normalized spacial score (nSPS) is 19.1. The number of aromatic nitrogens is 4. The van der Waals surface area contributed by atoms with Crippen LogP contribution in [0.2, 0.25) is 5.02 Å². The van der Waals surface area contributed by atoms with Crippen molar-refractivity contribution in [2.75, 3.05) is 25.0 Å². The van der Waals surface area contributed by atoms with Crippen molar-refractivity contribution in [3.63, 3.8) is 0 Å². The first-order chi connectivity index (χ1) is 10.7. The van der Waals surface area contributed by atoms with E-state index >= 15 is 0 Å². The fourth-order valence-corrected chi connectivity index (χ4v) is 2.77. The van der Waals surface area contributed by atoms with Crippen LogP contribution in [0.5, 0.6) is 0 Å². The molecule has 1 aliphatic heterocycles. The molecule has 0 spiro atoms. The number of piperidine rings is 1. The molecule has 1 aliphatic rings. The number of hydrogen-bond donors (Lipinski definition) is 1. The van der Waals surface area contributed by atoms with E-state index in [2.05, 4.69) is 37.5 Å². The second-order valence-corrected chi connectivity index (χ2v) is 5.87. The van der Waals surface area contributed by atoms with Gasteiger partial charge in [-0.05, 0) is 50.2 Å². The van der Waals surface area contributed by atoms with Crippen LogP contribution in [-0.4, -0.2) is 51.0 Å². The summed E-state index contributed by atoms with van der Waals surface area (Å²) < 4.78 is 0. The molecule has 2 aromatic rings. The van der Waals surface area contributed by atoms with Gasteiger partial charge in [-0.3, -0.25) is 0 Å². The lowest BCUT2D eigenvalue weighted by Gasteiger charge is -2.31. The van der Waals surface area contributed by atoms with Crippen molar-refractivity contribution < 1.29 is 0 Å². The van der Waals surface area contributed by atoms with Crippen LogP contribution >= 0.6 is 11.6 Å². The molecule has 7 heteroatoms. The van der Waals surface area contributed by atoms with Gasteiger partial charge in [0.25, 0.3) is 5.95 Å². The summed E-state index contributed by atoms with van der Waals surface area (Å²) in [6.07, 6.45) is 2.31. The minimum atomic E-state index is 0.360. The van der Waals surface area contributed by atoms with Crippen molar-refractivity contribution in [2.24, 2.45) is 0 Å². The molecule has 116 valence electrons. The lowest BCUT2D eigenvalue weighted by atomic mass is 10.1. The third kappa shape index (κ3) is 3.69. The minimum Gasteiger partial charge on any atom is -0.348 e. The highest BCUT2D eigenvalue weighted by Gasteiger charge is 2.19. The number of nitrogens with one attached hydrogen (secondary N) is 1. The number of halogens is 1. The molecule has 0 saturated carbocycles. The molecule has 22 heavy (non-hydrogen) atoms. The van der Waals surface area contributed by atoms with Crippen LogP contribution in [0.15, 0.2) is 24.3 Å². The Morgan fingerprint density at radius 3 is 2.59 bits per heavy atom. The standard InChI is InChI=1S/C15H19ClN6/c1-2-22-9-3-4-13(10-22)17-15-20-18-14(19-21-15)11-5-7-12(16)8-6-11/h5-8,13H,2-4,9-10H2,1H3,(H,17,20,21). The smallest absolute Gasteiger partial charge is 0.262 e. The quantitative estimate of drug-likeness (QED) is 0.934. The Morgan fingerprint density at radius 1 is 1.18 bits per heavy atom. The van der Waals surface area contributed by atoms with Crippen molar-refractivity contribution >= 4 is 17.5 Å². The first-order valence-corrected chi connectivity index (χ1v) is 7.94. The van der Waals surface area contributed by atoms with E-state index in [-0.39, 0.29) is 0 Å². The van der Waals surface area contributed by atoms with Gasteiger partial charge in [0.2, 0.25) is 5.82 Å². The first kappa shape index (κ1) is 15.1. The molecule has 1 aromatic carbocycles. The summed E-state index contributed by atoms with van der Waals surface area (Å²) in [5.41, 5.74) is 0.853. The molecule has 0 aliphatic carbocycles. The summed E-state index contributed by atoms with van der Waals surface area (Å²) in [7, 11) is 0. The van der Waals surface area contributed by atoms with Gasteiger partial charge < -0.3 is 10.2 Å². The SMILES string of the molecule is CCN1CCCC(Nc2nnc(-c3ccc(Cl)cc3)nn2)C1. The maximum absolute atomic E-state index is 5.87. The fourth-order valence-electron chi connectivity index (χ4n) is 2.64. The molecule has 1 atom stereocenters. The highest BCUT2D eigenvalue weighted by molar-refractivity contribution is 6.30. The predicted molar refractivity (Wildman–Crippen MR) is 86.8 cm³/mol. The van der Waals surface area contributed by atoms with Gasteiger partial charge >= 0.3 is 0 Å². The molecule has 1 aromatic heterocycles. The van der Waals surface area contributed by atoms with Crippen molar-refractivity contribution in [3.8, 4) is 11.4 Å². The second-order valence-electron chi connectivity index (χ2n) is 5.43. The number of anilines is 1. The first-order valence-electron chi connectivity index (χ1n) is 7.57. The van der Waals surface area contributed by atoms with E-state index in [1.807, 2.05) is 12.1 Å². The van der Waals surface area contributed by atoms with Gasteiger partial charge in [0, 0.05) is 23.2 Å². The maximum Gasteiger partial charge on any atom is 0.262 e. The Kier molecular flexibility index (Phi) is 4.80. The molecule has 1 saturated heterocycles. The van der Waals surface area contributed by atoms with Crippen molar-refractivity contribution in [2.45, 2.75) is 25.8 Å². The number of likely N-dealkylation sites (tertiary alicyclic amines) is 1. The average Bonchev–Trinajstić information content (AvgIpc) is 2.57. The van der Waals surface area contributed by atoms with Gasteiger partial charge in [-0.2, -0.15) is 0 Å². The van der Waals surface area contributed by atoms with Crippen molar-refractivity contribution in [1.29, 1.82) is 0 Å². The van der Waals surface area contributed by atoms with Gasteiger partial charge in [0.15, 0.2) is 0 Å². The molecular formula is C15H19ClN6. The molecule has 6 nitrogen and oxygen atoms in total. The average molecular weight is 319 g/mol. The Labute approximate surface area is 134 Å². The second kappa shape index (κ2) is 6.98. The summed E-state index contributed by atoms with van der Waals surface area (Å²) in [5, 5.41) is 20.6. The number of rotatable bonds is 4. The van der Waals surface area contributed by atoms with Crippen LogP contribution in [0.25, 0.3) is 11.4 Å². The van der Waals surface area contributed by atoms with Crippen LogP contribution in [0.1, 0.15) is 19.8 Å². The molecule has 1 unspecified atom stereocenters. The summed E-state index contributed by atoms with van der Waals surface area (Å²) in [4.78, 5) is 2.42. The Morgan fingerprint density at radius 2 is 1.91 bits per heavy atom. The zero-order valence-corrected chi connectivity index (χ0v) is 13.3. The van der Waals surface area contributed by atoms with E-state index in [0.717, 1.165) is 25.1 Å². The van der Waals surface area contributed by atoms with E-state index in [0.29, 0.717) is 22.8 Å². The molecular weight excluding hydrogens is 300 g/mol. The lowest BCUT2D eigenvalue weighted by molar-refractivity contribution is 0.226. The highest BCUT2D eigenvalue weighted by atomic mass is 35.5. The van der Waals surface area contributed by atoms with E-state index in [9.17, 15) is 0 Å². The molecule has 0 radical (unpaired) electrons. The number of likely N-dealkylation sites (N-methyl/N-ethyl adjacent to an activating group) is 1. The van der Waals surface area contributed by atoms with Crippen LogP contribution in [0, 0.1) is 0 Å². The Balaban J connectivity index is 1.65. The van der Waals surface area contributed by atoms with Gasteiger partial charge in [-0.15, -0.1) is 20.4 Å². The largest absolute Gasteiger partial charge is 0.348 e. The summed E-state index contributed by atoms with van der Waals surface area (Å²) in [5.74, 6) is 0.988. The number of nitrogens with zero attached hydrogens (tertiary/aromatic N) is 5. The lowest BCUT2D eigenvalue weighted by Crippen LogP contribution is -2.42. The maximum atomic E-state index is 5.87. The van der Waals surface area contributed by atoms with Gasteiger partial charge in [-0.25, -0.2) is 0 Å². The Bertz CT molecular complexity index is 600. The third-order valence-corrected chi connectivity index (χ3v) is 4.12. The molecule has 1 N–H and O–H groups in total. The minimum absolute atomic E-state index is 0.360. The van der Waals surface area contributed by atoms with Gasteiger partial charge in [-0.1, -0.05) is 18.5 Å². The highest BCUT2D eigenvalue weighted by Crippen LogP contribution is 2.17. The van der Waals surface area contributed by atoms with Crippen LogP contribution in [0.4, 0.5) is 5.95 Å². The van der Waals surface area contributed by atoms with E-state index < -0.39 is 0 Å². The van der Waals surface area contributed by atoms with Crippen LogP contribution in [0.3, 0.4) is 0 Å².